The van der Waals surface area contributed by atoms with Crippen molar-refractivity contribution in [2.24, 2.45) is 0 Å². The Bertz CT molecular complexity index is 611. The van der Waals surface area contributed by atoms with E-state index < -0.39 is 29.0 Å². The summed E-state index contributed by atoms with van der Waals surface area (Å²) in [6, 6.07) is 4.83. The van der Waals surface area contributed by atoms with Crippen molar-refractivity contribution in [3.8, 4) is 0 Å². The van der Waals surface area contributed by atoms with Crippen molar-refractivity contribution in [2.75, 3.05) is 17.7 Å². The Kier molecular flexibility index (Phi) is 5.97. The van der Waals surface area contributed by atoms with Crippen LogP contribution in [-0.2, 0) is 19.1 Å². The summed E-state index contributed by atoms with van der Waals surface area (Å²) >= 11 is 1.23. The number of thioether (sulfide) groups is 1. The van der Waals surface area contributed by atoms with E-state index in [9.17, 15) is 18.8 Å². The summed E-state index contributed by atoms with van der Waals surface area (Å²) in [5, 5.41) is 4.51. The van der Waals surface area contributed by atoms with Gasteiger partial charge in [0.2, 0.25) is 11.8 Å². The van der Waals surface area contributed by atoms with Gasteiger partial charge in [-0.15, -0.1) is 11.8 Å². The molecule has 0 aliphatic carbocycles. The molecule has 1 fully saturated rings. The molecule has 0 bridgehead atoms. The fraction of sp³-hybridized carbons (Fsp3) is 0.400. The Labute approximate surface area is 137 Å². The van der Waals surface area contributed by atoms with Gasteiger partial charge in [-0.25, -0.2) is 9.18 Å². The number of amides is 2. The Hall–Kier alpha value is -2.09. The van der Waals surface area contributed by atoms with E-state index in [1.165, 1.54) is 30.0 Å². The highest BCUT2D eigenvalue weighted by Crippen LogP contribution is 2.22. The van der Waals surface area contributed by atoms with E-state index in [-0.39, 0.29) is 18.9 Å². The lowest BCUT2D eigenvalue weighted by Crippen LogP contribution is -2.51. The van der Waals surface area contributed by atoms with Gasteiger partial charge >= 0.3 is 5.97 Å². The lowest BCUT2D eigenvalue weighted by Gasteiger charge is -2.27. The summed E-state index contributed by atoms with van der Waals surface area (Å²) in [6.07, 6.45) is -0.0530. The standard InChI is InChI=1S/C15H17FN2O4S/c1-2-22-15(21)11-8-23-12(14(20)18-11)7-13(19)17-10-5-3-4-9(16)6-10/h3-6,11-12H,2,7-8H2,1H3,(H,17,19)(H,18,20). The fourth-order valence-electron chi connectivity index (χ4n) is 2.06. The van der Waals surface area contributed by atoms with Gasteiger partial charge in [0.05, 0.1) is 11.9 Å². The molecule has 23 heavy (non-hydrogen) atoms. The molecule has 2 rings (SSSR count). The molecule has 0 spiro atoms. The molecule has 1 heterocycles. The normalized spacial score (nSPS) is 20.5. The maximum Gasteiger partial charge on any atom is 0.329 e. The number of rotatable bonds is 5. The van der Waals surface area contributed by atoms with Crippen molar-refractivity contribution in [3.05, 3.63) is 30.1 Å². The molecular formula is C15H17FN2O4S. The third-order valence-corrected chi connectivity index (χ3v) is 4.43. The monoisotopic (exact) mass is 340 g/mol. The number of benzene rings is 1. The van der Waals surface area contributed by atoms with Crippen LogP contribution in [0, 0.1) is 5.82 Å². The lowest BCUT2D eigenvalue weighted by atomic mass is 10.2. The largest absolute Gasteiger partial charge is 0.464 e. The topological polar surface area (TPSA) is 84.5 Å². The number of hydrogen-bond donors (Lipinski definition) is 2. The van der Waals surface area contributed by atoms with Crippen molar-refractivity contribution in [2.45, 2.75) is 24.6 Å². The summed E-state index contributed by atoms with van der Waals surface area (Å²) in [5.41, 5.74) is 0.334. The second kappa shape index (κ2) is 7.96. The van der Waals surface area contributed by atoms with Crippen LogP contribution in [0.15, 0.2) is 24.3 Å². The van der Waals surface area contributed by atoms with Crippen LogP contribution >= 0.6 is 11.8 Å². The van der Waals surface area contributed by atoms with E-state index in [1.807, 2.05) is 0 Å². The first kappa shape index (κ1) is 17.3. The number of halogens is 1. The van der Waals surface area contributed by atoms with Crippen LogP contribution < -0.4 is 10.6 Å². The molecule has 1 aromatic carbocycles. The van der Waals surface area contributed by atoms with Gasteiger partial charge in [-0.1, -0.05) is 6.07 Å². The predicted molar refractivity (Wildman–Crippen MR) is 84.5 cm³/mol. The van der Waals surface area contributed by atoms with Crippen LogP contribution in [0.25, 0.3) is 0 Å². The number of esters is 1. The van der Waals surface area contributed by atoms with Crippen molar-refractivity contribution in [3.63, 3.8) is 0 Å². The third kappa shape index (κ3) is 4.95. The van der Waals surface area contributed by atoms with Gasteiger partial charge in [0, 0.05) is 17.9 Å². The van der Waals surface area contributed by atoms with Crippen LogP contribution in [-0.4, -0.2) is 41.4 Å². The first-order valence-electron chi connectivity index (χ1n) is 7.13. The van der Waals surface area contributed by atoms with Gasteiger partial charge in [-0.05, 0) is 25.1 Å². The molecular weight excluding hydrogens is 323 g/mol. The highest BCUT2D eigenvalue weighted by molar-refractivity contribution is 8.00. The predicted octanol–water partition coefficient (Wildman–Crippen LogP) is 1.32. The van der Waals surface area contributed by atoms with Crippen LogP contribution in [0.3, 0.4) is 0 Å². The van der Waals surface area contributed by atoms with Crippen molar-refractivity contribution in [1.29, 1.82) is 0 Å². The molecule has 8 heteroatoms. The Morgan fingerprint density at radius 3 is 2.91 bits per heavy atom. The van der Waals surface area contributed by atoms with Gasteiger partial charge in [-0.3, -0.25) is 9.59 Å². The maximum atomic E-state index is 13.1. The van der Waals surface area contributed by atoms with Crippen LogP contribution in [0.5, 0.6) is 0 Å². The van der Waals surface area contributed by atoms with Gasteiger partial charge in [0.15, 0.2) is 0 Å². The average molecular weight is 340 g/mol. The summed E-state index contributed by atoms with van der Waals surface area (Å²) in [7, 11) is 0. The first-order valence-corrected chi connectivity index (χ1v) is 8.18. The summed E-state index contributed by atoms with van der Waals surface area (Å²) in [4.78, 5) is 35.5. The zero-order valence-electron chi connectivity index (χ0n) is 12.5. The highest BCUT2D eigenvalue weighted by atomic mass is 32.2. The van der Waals surface area contributed by atoms with E-state index in [2.05, 4.69) is 10.6 Å². The summed E-state index contributed by atoms with van der Waals surface area (Å²) in [6.45, 7) is 1.94. The Balaban J connectivity index is 1.85. The minimum atomic E-state index is -0.685. The van der Waals surface area contributed by atoms with E-state index in [4.69, 9.17) is 4.74 Å². The second-order valence-electron chi connectivity index (χ2n) is 4.90. The van der Waals surface area contributed by atoms with Crippen molar-refractivity contribution < 1.29 is 23.5 Å². The van der Waals surface area contributed by atoms with Gasteiger partial charge in [0.25, 0.3) is 0 Å². The Morgan fingerprint density at radius 1 is 1.48 bits per heavy atom. The number of hydrogen-bond acceptors (Lipinski definition) is 5. The number of nitrogens with one attached hydrogen (secondary N) is 2. The van der Waals surface area contributed by atoms with E-state index >= 15 is 0 Å². The van der Waals surface area contributed by atoms with Crippen molar-refractivity contribution >= 4 is 35.2 Å². The highest BCUT2D eigenvalue weighted by Gasteiger charge is 2.34. The third-order valence-electron chi connectivity index (χ3n) is 3.12. The van der Waals surface area contributed by atoms with E-state index in [1.54, 1.807) is 13.0 Å². The van der Waals surface area contributed by atoms with Crippen molar-refractivity contribution in [1.82, 2.24) is 5.32 Å². The molecule has 2 N–H and O–H groups in total. The smallest absolute Gasteiger partial charge is 0.329 e. The number of carbonyl (C=O) groups is 3. The number of carbonyl (C=O) groups excluding carboxylic acids is 3. The summed E-state index contributed by atoms with van der Waals surface area (Å²) < 4.78 is 17.9. The second-order valence-corrected chi connectivity index (χ2v) is 6.13. The van der Waals surface area contributed by atoms with E-state index in [0.717, 1.165) is 0 Å². The molecule has 2 amide bonds. The van der Waals surface area contributed by atoms with Crippen LogP contribution in [0.1, 0.15) is 13.3 Å². The molecule has 0 radical (unpaired) electrons. The van der Waals surface area contributed by atoms with E-state index in [0.29, 0.717) is 11.4 Å². The molecule has 6 nitrogen and oxygen atoms in total. The minimum absolute atomic E-state index is 0.0530. The molecule has 1 aliphatic heterocycles. The number of anilines is 1. The molecule has 1 aliphatic rings. The minimum Gasteiger partial charge on any atom is -0.464 e. The molecule has 0 saturated carbocycles. The molecule has 2 atom stereocenters. The quantitative estimate of drug-likeness (QED) is 0.790. The lowest BCUT2D eigenvalue weighted by molar-refractivity contribution is -0.146. The van der Waals surface area contributed by atoms with Gasteiger partial charge in [-0.2, -0.15) is 0 Å². The fourth-order valence-corrected chi connectivity index (χ4v) is 3.20. The molecule has 124 valence electrons. The maximum absolute atomic E-state index is 13.1. The zero-order chi connectivity index (χ0) is 16.8. The molecule has 0 aromatic heterocycles. The zero-order valence-corrected chi connectivity index (χ0v) is 13.3. The van der Waals surface area contributed by atoms with Gasteiger partial charge in [0.1, 0.15) is 11.9 Å². The number of ether oxygens (including phenoxy) is 1. The van der Waals surface area contributed by atoms with Gasteiger partial charge < -0.3 is 15.4 Å². The molecule has 2 unspecified atom stereocenters. The first-order chi connectivity index (χ1) is 11.0. The average Bonchev–Trinajstić information content (AvgIpc) is 2.49. The molecule has 1 saturated heterocycles. The Morgan fingerprint density at radius 2 is 2.26 bits per heavy atom. The van der Waals surface area contributed by atoms with Crippen LogP contribution in [0.4, 0.5) is 10.1 Å². The molecule has 1 aromatic rings. The SMILES string of the molecule is CCOC(=O)C1CSC(CC(=O)Nc2cccc(F)c2)C(=O)N1. The van der Waals surface area contributed by atoms with Crippen LogP contribution in [0.2, 0.25) is 0 Å². The summed E-state index contributed by atoms with van der Waals surface area (Å²) in [5.74, 6) is -1.35.